The van der Waals surface area contributed by atoms with Crippen molar-refractivity contribution < 1.29 is 9.18 Å². The zero-order chi connectivity index (χ0) is 19.5. The molecule has 140 valence electrons. The highest BCUT2D eigenvalue weighted by atomic mass is 19.1. The summed E-state index contributed by atoms with van der Waals surface area (Å²) >= 11 is 0. The number of nitrogens with one attached hydrogen (secondary N) is 2. The zero-order valence-corrected chi connectivity index (χ0v) is 15.3. The van der Waals surface area contributed by atoms with Crippen molar-refractivity contribution >= 4 is 33.4 Å². The van der Waals surface area contributed by atoms with Gasteiger partial charge in [-0.2, -0.15) is 0 Å². The van der Waals surface area contributed by atoms with Gasteiger partial charge in [-0.05, 0) is 42.0 Å². The third-order valence-electron chi connectivity index (χ3n) is 4.79. The summed E-state index contributed by atoms with van der Waals surface area (Å²) in [6, 6.07) is 22.3. The summed E-state index contributed by atoms with van der Waals surface area (Å²) in [5, 5.41) is 2.36. The number of fused-ring (bicyclic) bond motifs is 3. The summed E-state index contributed by atoms with van der Waals surface area (Å²) in [7, 11) is 0. The second kappa shape index (κ2) is 7.56. The van der Waals surface area contributed by atoms with Crippen molar-refractivity contribution in [1.29, 1.82) is 0 Å². The normalized spacial score (nSPS) is 10.9. The van der Waals surface area contributed by atoms with Crippen LogP contribution in [0.3, 0.4) is 0 Å². The fraction of sp³-hybridized carbons (Fsp3) is 0.0870. The first kappa shape index (κ1) is 17.8. The molecule has 0 fully saturated rings. The van der Waals surface area contributed by atoms with Gasteiger partial charge in [0.05, 0.1) is 5.70 Å². The lowest BCUT2D eigenvalue weighted by Crippen LogP contribution is -2.36. The van der Waals surface area contributed by atoms with Crippen molar-refractivity contribution in [3.8, 4) is 0 Å². The molecule has 0 atom stereocenters. The van der Waals surface area contributed by atoms with Crippen LogP contribution in [0.25, 0.3) is 27.5 Å². The van der Waals surface area contributed by atoms with Crippen molar-refractivity contribution in [2.45, 2.75) is 13.0 Å². The first-order valence-corrected chi connectivity index (χ1v) is 9.09. The molecule has 1 aromatic heterocycles. The summed E-state index contributed by atoms with van der Waals surface area (Å²) in [6.45, 7) is 4.43. The Morgan fingerprint density at radius 1 is 0.857 bits per heavy atom. The average molecular weight is 373 g/mol. The van der Waals surface area contributed by atoms with E-state index in [-0.39, 0.29) is 11.7 Å². The van der Waals surface area contributed by atoms with Crippen LogP contribution in [0.5, 0.6) is 0 Å². The number of benzene rings is 3. The lowest BCUT2D eigenvalue weighted by atomic mass is 10.2. The molecule has 5 heteroatoms. The number of hydrogen-bond acceptors (Lipinski definition) is 2. The minimum absolute atomic E-state index is 0.148. The SMILES string of the molecule is C=C(NNC(=O)CCn1c2ccccc2c2ccccc21)c1ccc(F)cc1. The van der Waals surface area contributed by atoms with Gasteiger partial charge in [0, 0.05) is 34.8 Å². The number of nitrogens with zero attached hydrogens (tertiary/aromatic N) is 1. The van der Waals surface area contributed by atoms with Gasteiger partial charge in [0.15, 0.2) is 0 Å². The van der Waals surface area contributed by atoms with E-state index in [0.29, 0.717) is 24.2 Å². The Labute approximate surface area is 162 Å². The van der Waals surface area contributed by atoms with Crippen LogP contribution in [-0.4, -0.2) is 10.5 Å². The predicted molar refractivity (Wildman–Crippen MR) is 111 cm³/mol. The quantitative estimate of drug-likeness (QED) is 0.485. The van der Waals surface area contributed by atoms with Gasteiger partial charge in [-0.25, -0.2) is 4.39 Å². The molecule has 4 nitrogen and oxygen atoms in total. The van der Waals surface area contributed by atoms with Crippen LogP contribution in [0.15, 0.2) is 79.4 Å². The van der Waals surface area contributed by atoms with Gasteiger partial charge in [-0.1, -0.05) is 43.0 Å². The molecular formula is C23H20FN3O. The first-order valence-electron chi connectivity index (χ1n) is 9.09. The fourth-order valence-corrected chi connectivity index (χ4v) is 3.39. The number of carbonyl (C=O) groups is 1. The van der Waals surface area contributed by atoms with Gasteiger partial charge in [0.2, 0.25) is 5.91 Å². The Morgan fingerprint density at radius 2 is 1.43 bits per heavy atom. The van der Waals surface area contributed by atoms with Crippen molar-refractivity contribution in [3.05, 3.63) is 90.8 Å². The highest BCUT2D eigenvalue weighted by Crippen LogP contribution is 2.28. The van der Waals surface area contributed by atoms with E-state index in [1.165, 1.54) is 22.9 Å². The van der Waals surface area contributed by atoms with E-state index < -0.39 is 0 Å². The lowest BCUT2D eigenvalue weighted by Gasteiger charge is -2.12. The highest BCUT2D eigenvalue weighted by molar-refractivity contribution is 6.08. The van der Waals surface area contributed by atoms with E-state index in [1.54, 1.807) is 12.1 Å². The van der Waals surface area contributed by atoms with Gasteiger partial charge in [-0.3, -0.25) is 15.6 Å². The van der Waals surface area contributed by atoms with E-state index in [1.807, 2.05) is 24.3 Å². The van der Waals surface area contributed by atoms with Crippen LogP contribution in [0.1, 0.15) is 12.0 Å². The molecule has 1 amide bonds. The molecule has 0 unspecified atom stereocenters. The summed E-state index contributed by atoms with van der Waals surface area (Å²) in [5.41, 5.74) is 8.89. The molecule has 0 saturated carbocycles. The summed E-state index contributed by atoms with van der Waals surface area (Å²) in [6.07, 6.45) is 0.312. The molecule has 0 aliphatic heterocycles. The molecule has 0 spiro atoms. The van der Waals surface area contributed by atoms with E-state index in [9.17, 15) is 9.18 Å². The number of hydrazine groups is 1. The second-order valence-corrected chi connectivity index (χ2v) is 6.59. The molecule has 3 aromatic carbocycles. The maximum atomic E-state index is 13.0. The Morgan fingerprint density at radius 3 is 2.04 bits per heavy atom. The third-order valence-corrected chi connectivity index (χ3v) is 4.79. The molecule has 0 aliphatic rings. The third kappa shape index (κ3) is 3.47. The van der Waals surface area contributed by atoms with Crippen LogP contribution >= 0.6 is 0 Å². The Hall–Kier alpha value is -3.60. The van der Waals surface area contributed by atoms with Crippen LogP contribution in [-0.2, 0) is 11.3 Å². The summed E-state index contributed by atoms with van der Waals surface area (Å²) < 4.78 is 15.2. The number of hydrogen-bond donors (Lipinski definition) is 2. The average Bonchev–Trinajstić information content (AvgIpc) is 3.05. The highest BCUT2D eigenvalue weighted by Gasteiger charge is 2.11. The molecule has 0 aliphatic carbocycles. The molecule has 0 bridgehead atoms. The monoisotopic (exact) mass is 373 g/mol. The van der Waals surface area contributed by atoms with Crippen molar-refractivity contribution in [3.63, 3.8) is 0 Å². The minimum atomic E-state index is -0.313. The predicted octanol–water partition coefficient (Wildman–Crippen LogP) is 4.62. The van der Waals surface area contributed by atoms with Crippen LogP contribution in [0.2, 0.25) is 0 Å². The Bertz CT molecular complexity index is 1110. The van der Waals surface area contributed by atoms with Gasteiger partial charge in [0.1, 0.15) is 5.82 Å². The molecule has 0 radical (unpaired) electrons. The van der Waals surface area contributed by atoms with E-state index in [0.717, 1.165) is 11.0 Å². The molecule has 4 aromatic rings. The first-order chi connectivity index (χ1) is 13.6. The van der Waals surface area contributed by atoms with Gasteiger partial charge >= 0.3 is 0 Å². The van der Waals surface area contributed by atoms with Crippen molar-refractivity contribution in [2.75, 3.05) is 0 Å². The number of aryl methyl sites for hydroxylation is 1. The minimum Gasteiger partial charge on any atom is -0.340 e. The summed E-state index contributed by atoms with van der Waals surface area (Å²) in [5.74, 6) is -0.461. The molecule has 1 heterocycles. The molecule has 2 N–H and O–H groups in total. The standard InChI is InChI=1S/C23H20FN3O/c1-16(17-10-12-18(24)13-11-17)25-26-23(28)14-15-27-21-8-4-2-6-19(21)20-7-3-5-9-22(20)27/h2-13,25H,1,14-15H2,(H,26,28). The van der Waals surface area contributed by atoms with Crippen LogP contribution < -0.4 is 10.9 Å². The Kier molecular flexibility index (Phi) is 4.81. The van der Waals surface area contributed by atoms with Gasteiger partial charge in [0.25, 0.3) is 0 Å². The van der Waals surface area contributed by atoms with E-state index in [2.05, 4.69) is 46.3 Å². The number of carbonyl (C=O) groups excluding carboxylic acids is 1. The maximum Gasteiger partial charge on any atom is 0.240 e. The summed E-state index contributed by atoms with van der Waals surface area (Å²) in [4.78, 5) is 12.3. The number of halogens is 1. The van der Waals surface area contributed by atoms with Crippen LogP contribution in [0, 0.1) is 5.82 Å². The lowest BCUT2D eigenvalue weighted by molar-refractivity contribution is -0.121. The van der Waals surface area contributed by atoms with Gasteiger partial charge < -0.3 is 4.57 Å². The maximum absolute atomic E-state index is 13.0. The largest absolute Gasteiger partial charge is 0.340 e. The molecule has 0 saturated heterocycles. The van der Waals surface area contributed by atoms with Crippen molar-refractivity contribution in [1.82, 2.24) is 15.4 Å². The van der Waals surface area contributed by atoms with Gasteiger partial charge in [-0.15, -0.1) is 0 Å². The fourth-order valence-electron chi connectivity index (χ4n) is 3.39. The number of aromatic nitrogens is 1. The number of amides is 1. The molecule has 4 rings (SSSR count). The smallest absolute Gasteiger partial charge is 0.240 e. The van der Waals surface area contributed by atoms with E-state index in [4.69, 9.17) is 0 Å². The van der Waals surface area contributed by atoms with Crippen molar-refractivity contribution in [2.24, 2.45) is 0 Å². The molecular weight excluding hydrogens is 353 g/mol. The Balaban J connectivity index is 1.43. The second-order valence-electron chi connectivity index (χ2n) is 6.59. The zero-order valence-electron chi connectivity index (χ0n) is 15.3. The topological polar surface area (TPSA) is 46.1 Å². The molecule has 28 heavy (non-hydrogen) atoms. The van der Waals surface area contributed by atoms with E-state index >= 15 is 0 Å². The van der Waals surface area contributed by atoms with Crippen LogP contribution in [0.4, 0.5) is 4.39 Å². The number of para-hydroxylation sites is 2. The number of rotatable bonds is 6.